The van der Waals surface area contributed by atoms with Crippen LogP contribution >= 0.6 is 0 Å². The lowest BCUT2D eigenvalue weighted by molar-refractivity contribution is -0.117. The number of carbonyl (C=O) groups is 1. The standard InChI is InChI=1S/C15H11F3N6O4S/c16-10(17)5-23-4-8(3-20-23)15-19-2-7-1-9(25)14(12(18)13(7)21-15)24-6-11(26)22-29(24,27)28/h1-4,10,25H,5-6H2,(H,22,26). The van der Waals surface area contributed by atoms with Crippen molar-refractivity contribution >= 4 is 32.7 Å². The number of hydrogen-bond donors (Lipinski definition) is 2. The number of hydrogen-bond acceptors (Lipinski definition) is 7. The second-order valence-electron chi connectivity index (χ2n) is 6.07. The predicted molar refractivity (Wildman–Crippen MR) is 92.8 cm³/mol. The van der Waals surface area contributed by atoms with Crippen molar-refractivity contribution < 1.29 is 31.5 Å². The Hall–Kier alpha value is -3.42. The molecule has 14 heteroatoms. The monoisotopic (exact) mass is 428 g/mol. The summed E-state index contributed by atoms with van der Waals surface area (Å²) in [7, 11) is -4.37. The Labute approximate surface area is 160 Å². The number of aromatic hydroxyl groups is 1. The average molecular weight is 428 g/mol. The van der Waals surface area contributed by atoms with E-state index in [2.05, 4.69) is 15.1 Å². The zero-order valence-corrected chi connectivity index (χ0v) is 15.1. The summed E-state index contributed by atoms with van der Waals surface area (Å²) in [4.78, 5) is 19.4. The Kier molecular flexibility index (Phi) is 4.29. The van der Waals surface area contributed by atoms with Crippen molar-refractivity contribution in [3.63, 3.8) is 0 Å². The Bertz CT molecular complexity index is 1250. The number of halogens is 3. The van der Waals surface area contributed by atoms with Gasteiger partial charge in [-0.25, -0.2) is 32.2 Å². The molecule has 2 N–H and O–H groups in total. The fourth-order valence-electron chi connectivity index (χ4n) is 2.86. The van der Waals surface area contributed by atoms with Crippen LogP contribution in [0.4, 0.5) is 18.9 Å². The van der Waals surface area contributed by atoms with Crippen LogP contribution in [0.3, 0.4) is 0 Å². The van der Waals surface area contributed by atoms with Crippen LogP contribution in [0.2, 0.25) is 0 Å². The van der Waals surface area contributed by atoms with Gasteiger partial charge in [-0.3, -0.25) is 9.48 Å². The third kappa shape index (κ3) is 3.30. The molecule has 0 saturated carbocycles. The number of phenols is 1. The van der Waals surface area contributed by atoms with Gasteiger partial charge < -0.3 is 5.11 Å². The van der Waals surface area contributed by atoms with E-state index in [1.807, 2.05) is 0 Å². The number of benzene rings is 1. The summed E-state index contributed by atoms with van der Waals surface area (Å²) in [6.07, 6.45) is 1.02. The largest absolute Gasteiger partial charge is 0.506 e. The van der Waals surface area contributed by atoms with Gasteiger partial charge >= 0.3 is 10.2 Å². The molecule has 0 bridgehead atoms. The number of aromatic nitrogens is 4. The van der Waals surface area contributed by atoms with Crippen molar-refractivity contribution in [1.29, 1.82) is 0 Å². The van der Waals surface area contributed by atoms with Gasteiger partial charge in [0.2, 0.25) is 0 Å². The summed E-state index contributed by atoms with van der Waals surface area (Å²) in [5, 5.41) is 13.9. The van der Waals surface area contributed by atoms with E-state index in [1.165, 1.54) is 18.6 Å². The van der Waals surface area contributed by atoms with E-state index >= 15 is 4.39 Å². The number of phenolic OH excluding ortho intramolecular Hbond substituents is 1. The van der Waals surface area contributed by atoms with E-state index in [0.717, 1.165) is 10.7 Å². The minimum absolute atomic E-state index is 0.0490. The van der Waals surface area contributed by atoms with Gasteiger partial charge in [0.15, 0.2) is 11.6 Å². The molecule has 1 fully saturated rings. The zero-order chi connectivity index (χ0) is 20.9. The highest BCUT2D eigenvalue weighted by Gasteiger charge is 2.38. The second kappa shape index (κ2) is 6.58. The molecule has 3 aromatic rings. The number of carbonyl (C=O) groups excluding carboxylic acids is 1. The number of anilines is 1. The molecule has 29 heavy (non-hydrogen) atoms. The van der Waals surface area contributed by atoms with E-state index in [1.54, 1.807) is 4.72 Å². The topological polar surface area (TPSA) is 130 Å². The van der Waals surface area contributed by atoms with Crippen LogP contribution in [-0.4, -0.2) is 52.2 Å². The fourth-order valence-corrected chi connectivity index (χ4v) is 4.02. The molecule has 0 unspecified atom stereocenters. The number of nitrogens with one attached hydrogen (secondary N) is 1. The van der Waals surface area contributed by atoms with E-state index in [0.29, 0.717) is 4.31 Å². The normalized spacial score (nSPS) is 16.0. The van der Waals surface area contributed by atoms with Gasteiger partial charge in [-0.2, -0.15) is 13.5 Å². The zero-order valence-electron chi connectivity index (χ0n) is 14.3. The fraction of sp³-hybridized carbons (Fsp3) is 0.200. The average Bonchev–Trinajstić information content (AvgIpc) is 3.18. The third-order valence-electron chi connectivity index (χ3n) is 4.05. The van der Waals surface area contributed by atoms with Crippen molar-refractivity contribution in [1.82, 2.24) is 24.5 Å². The maximum absolute atomic E-state index is 15.1. The van der Waals surface area contributed by atoms with Crippen LogP contribution in [-0.2, 0) is 21.5 Å². The van der Waals surface area contributed by atoms with Gasteiger partial charge in [-0.05, 0) is 6.07 Å². The molecule has 1 amide bonds. The Morgan fingerprint density at radius 3 is 2.72 bits per heavy atom. The lowest BCUT2D eigenvalue weighted by Gasteiger charge is -2.17. The highest BCUT2D eigenvalue weighted by atomic mass is 32.2. The third-order valence-corrected chi connectivity index (χ3v) is 5.43. The van der Waals surface area contributed by atoms with Crippen LogP contribution in [0, 0.1) is 5.82 Å². The molecule has 3 heterocycles. The lowest BCUT2D eigenvalue weighted by atomic mass is 10.2. The van der Waals surface area contributed by atoms with E-state index in [4.69, 9.17) is 0 Å². The SMILES string of the molecule is O=C1CN(c2c(O)cc3cnc(-c4cnn(CC(F)F)c4)nc3c2F)S(=O)(=O)N1. The summed E-state index contributed by atoms with van der Waals surface area (Å²) in [5.74, 6) is -2.86. The minimum Gasteiger partial charge on any atom is -0.506 e. The van der Waals surface area contributed by atoms with E-state index in [9.17, 15) is 27.1 Å². The maximum atomic E-state index is 15.1. The van der Waals surface area contributed by atoms with Gasteiger partial charge in [0.05, 0.1) is 11.8 Å². The summed E-state index contributed by atoms with van der Waals surface area (Å²) in [5.41, 5.74) is -0.847. The molecule has 152 valence electrons. The molecule has 1 aromatic carbocycles. The van der Waals surface area contributed by atoms with Gasteiger partial charge in [0.25, 0.3) is 12.3 Å². The van der Waals surface area contributed by atoms with Crippen LogP contribution in [0.15, 0.2) is 24.7 Å². The summed E-state index contributed by atoms with van der Waals surface area (Å²) in [6.45, 7) is -1.36. The molecule has 0 atom stereocenters. The second-order valence-corrected chi connectivity index (χ2v) is 7.66. The van der Waals surface area contributed by atoms with Crippen LogP contribution in [0.25, 0.3) is 22.3 Å². The first kappa shape index (κ1) is 18.9. The van der Waals surface area contributed by atoms with Crippen molar-refractivity contribution in [3.8, 4) is 17.1 Å². The van der Waals surface area contributed by atoms with Crippen LogP contribution in [0.5, 0.6) is 5.75 Å². The number of alkyl halides is 2. The number of amides is 1. The van der Waals surface area contributed by atoms with Crippen molar-refractivity contribution in [2.45, 2.75) is 13.0 Å². The highest BCUT2D eigenvalue weighted by Crippen LogP contribution is 2.37. The Morgan fingerprint density at radius 1 is 1.31 bits per heavy atom. The van der Waals surface area contributed by atoms with Gasteiger partial charge in [0, 0.05) is 17.8 Å². The molecular formula is C15H11F3N6O4S. The molecule has 4 rings (SSSR count). The highest BCUT2D eigenvalue weighted by molar-refractivity contribution is 7.92. The number of rotatable bonds is 4. The molecule has 0 spiro atoms. The first-order chi connectivity index (χ1) is 13.7. The first-order valence-electron chi connectivity index (χ1n) is 7.98. The number of fused-ring (bicyclic) bond motifs is 1. The van der Waals surface area contributed by atoms with Crippen molar-refractivity contribution in [2.24, 2.45) is 0 Å². The van der Waals surface area contributed by atoms with Gasteiger partial charge in [-0.15, -0.1) is 0 Å². The molecule has 10 nitrogen and oxygen atoms in total. The van der Waals surface area contributed by atoms with Gasteiger partial charge in [0.1, 0.15) is 30.0 Å². The Morgan fingerprint density at radius 2 is 2.07 bits per heavy atom. The molecule has 1 saturated heterocycles. The number of nitrogens with zero attached hydrogens (tertiary/aromatic N) is 5. The Balaban J connectivity index is 1.83. The molecule has 1 aliphatic rings. The van der Waals surface area contributed by atoms with Crippen molar-refractivity contribution in [3.05, 3.63) is 30.5 Å². The predicted octanol–water partition coefficient (Wildman–Crippen LogP) is 0.784. The van der Waals surface area contributed by atoms with Crippen LogP contribution < -0.4 is 9.03 Å². The quantitative estimate of drug-likeness (QED) is 0.628. The smallest absolute Gasteiger partial charge is 0.326 e. The molecule has 2 aromatic heterocycles. The summed E-state index contributed by atoms with van der Waals surface area (Å²) < 4.78 is 67.1. The van der Waals surface area contributed by atoms with E-state index < -0.39 is 52.9 Å². The van der Waals surface area contributed by atoms with Crippen molar-refractivity contribution in [2.75, 3.05) is 10.8 Å². The molecule has 1 aliphatic heterocycles. The summed E-state index contributed by atoms with van der Waals surface area (Å²) >= 11 is 0. The maximum Gasteiger partial charge on any atom is 0.326 e. The molecule has 0 aliphatic carbocycles. The first-order valence-corrected chi connectivity index (χ1v) is 9.42. The van der Waals surface area contributed by atoms with Gasteiger partial charge in [-0.1, -0.05) is 0 Å². The lowest BCUT2D eigenvalue weighted by Crippen LogP contribution is -2.30. The van der Waals surface area contributed by atoms with E-state index in [-0.39, 0.29) is 22.3 Å². The minimum atomic E-state index is -4.37. The molecular weight excluding hydrogens is 417 g/mol. The summed E-state index contributed by atoms with van der Waals surface area (Å²) in [6, 6.07) is 1.05. The van der Waals surface area contributed by atoms with Crippen LogP contribution in [0.1, 0.15) is 0 Å². The molecule has 0 radical (unpaired) electrons.